The number of benzene rings is 1. The molecule has 0 saturated heterocycles. The number of carbonyl (C=O) groups excluding carboxylic acids is 1. The highest BCUT2D eigenvalue weighted by atomic mass is 16.4. The normalized spacial score (nSPS) is 15.2. The van der Waals surface area contributed by atoms with Crippen molar-refractivity contribution in [2.24, 2.45) is 5.92 Å². The molecule has 0 saturated carbocycles. The molecule has 1 unspecified atom stereocenters. The zero-order valence-corrected chi connectivity index (χ0v) is 12.6. The molecule has 5 nitrogen and oxygen atoms in total. The van der Waals surface area contributed by atoms with Crippen molar-refractivity contribution in [1.82, 2.24) is 5.32 Å². The van der Waals surface area contributed by atoms with Gasteiger partial charge in [0, 0.05) is 25.2 Å². The van der Waals surface area contributed by atoms with E-state index in [0.29, 0.717) is 13.1 Å². The minimum absolute atomic E-state index is 0.0655. The van der Waals surface area contributed by atoms with Crippen LogP contribution in [0.3, 0.4) is 0 Å². The first-order valence-corrected chi connectivity index (χ1v) is 7.34. The summed E-state index contributed by atoms with van der Waals surface area (Å²) in [6.07, 6.45) is 2.01. The number of nitrogens with one attached hydrogen (secondary N) is 1. The van der Waals surface area contributed by atoms with E-state index in [2.05, 4.69) is 11.4 Å². The van der Waals surface area contributed by atoms with Crippen molar-refractivity contribution in [2.75, 3.05) is 18.0 Å². The molecular weight excluding hydrogens is 268 g/mol. The number of anilines is 1. The van der Waals surface area contributed by atoms with Crippen LogP contribution in [0.15, 0.2) is 18.2 Å². The van der Waals surface area contributed by atoms with Gasteiger partial charge in [-0.3, -0.25) is 9.69 Å². The number of carboxylic acid groups (broad SMARTS) is 1. The molecule has 21 heavy (non-hydrogen) atoms. The first-order valence-electron chi connectivity index (χ1n) is 7.34. The van der Waals surface area contributed by atoms with E-state index in [4.69, 9.17) is 5.11 Å². The highest BCUT2D eigenvalue weighted by molar-refractivity contribution is 5.93. The summed E-state index contributed by atoms with van der Waals surface area (Å²) in [5.41, 5.74) is 3.37. The molecule has 114 valence electrons. The quantitative estimate of drug-likeness (QED) is 0.895. The van der Waals surface area contributed by atoms with Gasteiger partial charge < -0.3 is 10.4 Å². The molecule has 5 heteroatoms. The van der Waals surface area contributed by atoms with Crippen molar-refractivity contribution in [3.63, 3.8) is 0 Å². The molecule has 2 rings (SSSR count). The van der Waals surface area contributed by atoms with Crippen LogP contribution >= 0.6 is 0 Å². The molecule has 0 aliphatic carbocycles. The lowest BCUT2D eigenvalue weighted by Gasteiger charge is -2.30. The predicted octanol–water partition coefficient (Wildman–Crippen LogP) is 2.57. The largest absolute Gasteiger partial charge is 0.481 e. The van der Waals surface area contributed by atoms with Crippen molar-refractivity contribution in [3.05, 3.63) is 29.3 Å². The van der Waals surface area contributed by atoms with Crippen LogP contribution in [-0.2, 0) is 11.2 Å². The van der Waals surface area contributed by atoms with Crippen LogP contribution in [0.5, 0.6) is 0 Å². The van der Waals surface area contributed by atoms with E-state index in [0.717, 1.165) is 18.5 Å². The van der Waals surface area contributed by atoms with Crippen LogP contribution in [-0.4, -0.2) is 30.2 Å². The van der Waals surface area contributed by atoms with Gasteiger partial charge in [-0.15, -0.1) is 0 Å². The standard InChI is InChI=1S/C16H22N2O3/c1-11-5-6-14-13(8-11)4-3-7-18(14)16(21)17-10-12(2)9-15(19)20/h5-6,8,12H,3-4,7,9-10H2,1-2H3,(H,17,21)(H,19,20). The zero-order valence-electron chi connectivity index (χ0n) is 12.6. The lowest BCUT2D eigenvalue weighted by molar-refractivity contribution is -0.137. The first kappa shape index (κ1) is 15.4. The second-order valence-corrected chi connectivity index (χ2v) is 5.78. The average Bonchev–Trinajstić information content (AvgIpc) is 2.43. The Balaban J connectivity index is 2.00. The minimum Gasteiger partial charge on any atom is -0.481 e. The second-order valence-electron chi connectivity index (χ2n) is 5.78. The van der Waals surface area contributed by atoms with E-state index >= 15 is 0 Å². The van der Waals surface area contributed by atoms with Crippen LogP contribution in [0, 0.1) is 12.8 Å². The van der Waals surface area contributed by atoms with Crippen molar-refractivity contribution in [1.29, 1.82) is 0 Å². The maximum atomic E-state index is 12.3. The lowest BCUT2D eigenvalue weighted by atomic mass is 10.00. The number of carboxylic acids is 1. The van der Waals surface area contributed by atoms with E-state index in [-0.39, 0.29) is 18.4 Å². The topological polar surface area (TPSA) is 69.6 Å². The van der Waals surface area contributed by atoms with Crippen LogP contribution in [0.1, 0.15) is 30.9 Å². The molecule has 0 aromatic heterocycles. The summed E-state index contributed by atoms with van der Waals surface area (Å²) in [6, 6.07) is 5.99. The Morgan fingerprint density at radius 3 is 2.90 bits per heavy atom. The molecule has 1 heterocycles. The minimum atomic E-state index is -0.837. The van der Waals surface area contributed by atoms with E-state index in [9.17, 15) is 9.59 Å². The fraction of sp³-hybridized carbons (Fsp3) is 0.500. The molecule has 0 fully saturated rings. The summed E-state index contributed by atoms with van der Waals surface area (Å²) >= 11 is 0. The Morgan fingerprint density at radius 1 is 1.43 bits per heavy atom. The summed E-state index contributed by atoms with van der Waals surface area (Å²) in [5, 5.41) is 11.6. The number of aliphatic carboxylic acids is 1. The van der Waals surface area contributed by atoms with Crippen molar-refractivity contribution in [3.8, 4) is 0 Å². The smallest absolute Gasteiger partial charge is 0.321 e. The molecule has 1 aliphatic heterocycles. The summed E-state index contributed by atoms with van der Waals surface area (Å²) in [7, 11) is 0. The number of carbonyl (C=O) groups is 2. The van der Waals surface area contributed by atoms with Gasteiger partial charge in [-0.25, -0.2) is 4.79 Å². The van der Waals surface area contributed by atoms with E-state index in [1.807, 2.05) is 26.0 Å². The third-order valence-corrected chi connectivity index (χ3v) is 3.72. The maximum absolute atomic E-state index is 12.3. The van der Waals surface area contributed by atoms with Gasteiger partial charge in [0.1, 0.15) is 0 Å². The van der Waals surface area contributed by atoms with Crippen LogP contribution in [0.25, 0.3) is 0 Å². The molecule has 0 spiro atoms. The third-order valence-electron chi connectivity index (χ3n) is 3.72. The number of nitrogens with zero attached hydrogens (tertiary/aromatic N) is 1. The van der Waals surface area contributed by atoms with E-state index in [1.54, 1.807) is 4.90 Å². The summed E-state index contributed by atoms with van der Waals surface area (Å²) in [5.74, 6) is -0.913. The number of amides is 2. The maximum Gasteiger partial charge on any atom is 0.321 e. The molecular formula is C16H22N2O3. The molecule has 0 radical (unpaired) electrons. The van der Waals surface area contributed by atoms with Crippen molar-refractivity contribution < 1.29 is 14.7 Å². The van der Waals surface area contributed by atoms with Gasteiger partial charge >= 0.3 is 12.0 Å². The summed E-state index contributed by atoms with van der Waals surface area (Å²) < 4.78 is 0. The highest BCUT2D eigenvalue weighted by Gasteiger charge is 2.22. The van der Waals surface area contributed by atoms with Gasteiger partial charge in [-0.05, 0) is 37.3 Å². The summed E-state index contributed by atoms with van der Waals surface area (Å²) in [4.78, 5) is 24.7. The molecule has 0 bridgehead atoms. The molecule has 1 aromatic rings. The number of hydrogen-bond acceptors (Lipinski definition) is 2. The van der Waals surface area contributed by atoms with E-state index in [1.165, 1.54) is 11.1 Å². The number of fused-ring (bicyclic) bond motifs is 1. The number of urea groups is 1. The fourth-order valence-corrected chi connectivity index (χ4v) is 2.66. The van der Waals surface area contributed by atoms with Gasteiger partial charge in [-0.2, -0.15) is 0 Å². The molecule has 2 N–H and O–H groups in total. The monoisotopic (exact) mass is 290 g/mol. The Hall–Kier alpha value is -2.04. The van der Waals surface area contributed by atoms with E-state index < -0.39 is 5.97 Å². The Kier molecular flexibility index (Phi) is 4.83. The highest BCUT2D eigenvalue weighted by Crippen LogP contribution is 2.27. The zero-order chi connectivity index (χ0) is 15.4. The van der Waals surface area contributed by atoms with Crippen molar-refractivity contribution in [2.45, 2.75) is 33.1 Å². The lowest BCUT2D eigenvalue weighted by Crippen LogP contribution is -2.44. The Morgan fingerprint density at radius 2 is 2.19 bits per heavy atom. The molecule has 1 aromatic carbocycles. The van der Waals surface area contributed by atoms with Crippen LogP contribution in [0.4, 0.5) is 10.5 Å². The first-order chi connectivity index (χ1) is 9.97. The number of aryl methyl sites for hydroxylation is 2. The van der Waals surface area contributed by atoms with Crippen molar-refractivity contribution >= 4 is 17.7 Å². The summed E-state index contributed by atoms with van der Waals surface area (Å²) in [6.45, 7) is 4.95. The predicted molar refractivity (Wildman–Crippen MR) is 81.7 cm³/mol. The van der Waals surface area contributed by atoms with Gasteiger partial charge in [0.15, 0.2) is 0 Å². The van der Waals surface area contributed by atoms with Gasteiger partial charge in [0.05, 0.1) is 0 Å². The Labute approximate surface area is 125 Å². The van der Waals surface area contributed by atoms with Gasteiger partial charge in [-0.1, -0.05) is 24.6 Å². The fourth-order valence-electron chi connectivity index (χ4n) is 2.66. The van der Waals surface area contributed by atoms with Gasteiger partial charge in [0.25, 0.3) is 0 Å². The third kappa shape index (κ3) is 3.97. The number of rotatable bonds is 4. The average molecular weight is 290 g/mol. The van der Waals surface area contributed by atoms with Crippen LogP contribution < -0.4 is 10.2 Å². The molecule has 1 atom stereocenters. The second kappa shape index (κ2) is 6.61. The van der Waals surface area contributed by atoms with Crippen LogP contribution in [0.2, 0.25) is 0 Å². The Bertz CT molecular complexity index is 542. The SMILES string of the molecule is Cc1ccc2c(c1)CCCN2C(=O)NCC(C)CC(=O)O. The molecule has 1 aliphatic rings. The number of hydrogen-bond donors (Lipinski definition) is 2. The molecule has 2 amide bonds. The van der Waals surface area contributed by atoms with Gasteiger partial charge in [0.2, 0.25) is 0 Å².